The van der Waals surface area contributed by atoms with Crippen LogP contribution < -0.4 is 9.80 Å². The lowest BCUT2D eigenvalue weighted by Gasteiger charge is -2.21. The number of ether oxygens (including phenoxy) is 1. The lowest BCUT2D eigenvalue weighted by molar-refractivity contribution is 0.135. The molecule has 0 aliphatic rings. The highest BCUT2D eigenvalue weighted by atomic mass is 79.9. The SMILES string of the molecule is CON(C(=O)Oc1ccccc1)c1ccccc1CCBr. The number of amides is 1. The summed E-state index contributed by atoms with van der Waals surface area (Å²) in [5.74, 6) is 0.475. The van der Waals surface area contributed by atoms with Gasteiger partial charge in [0.25, 0.3) is 0 Å². The number of rotatable bonds is 5. The van der Waals surface area contributed by atoms with E-state index in [1.54, 1.807) is 24.3 Å². The molecular weight excluding hydrogens is 334 g/mol. The summed E-state index contributed by atoms with van der Waals surface area (Å²) in [6.07, 6.45) is 0.208. The van der Waals surface area contributed by atoms with Gasteiger partial charge in [-0.05, 0) is 30.2 Å². The molecule has 1 amide bonds. The van der Waals surface area contributed by atoms with Crippen molar-refractivity contribution >= 4 is 27.7 Å². The zero-order valence-electron chi connectivity index (χ0n) is 11.7. The van der Waals surface area contributed by atoms with E-state index in [9.17, 15) is 4.79 Å². The molecule has 5 heteroatoms. The molecule has 0 unspecified atom stereocenters. The zero-order valence-corrected chi connectivity index (χ0v) is 13.2. The predicted octanol–water partition coefficient (Wildman–Crippen LogP) is 4.19. The molecule has 0 aliphatic carbocycles. The third-order valence-electron chi connectivity index (χ3n) is 2.87. The number of alkyl halides is 1. The van der Waals surface area contributed by atoms with Gasteiger partial charge in [-0.2, -0.15) is 5.06 Å². The second kappa shape index (κ2) is 7.81. The van der Waals surface area contributed by atoms with E-state index in [1.807, 2.05) is 30.3 Å². The van der Waals surface area contributed by atoms with Gasteiger partial charge in [0.2, 0.25) is 0 Å². The molecule has 21 heavy (non-hydrogen) atoms. The standard InChI is InChI=1S/C16H16BrNO3/c1-20-18(15-10-6-5-7-13(15)11-12-17)16(19)21-14-8-3-2-4-9-14/h2-10H,11-12H2,1H3. The van der Waals surface area contributed by atoms with Gasteiger partial charge in [0, 0.05) is 5.33 Å². The lowest BCUT2D eigenvalue weighted by Crippen LogP contribution is -2.33. The summed E-state index contributed by atoms with van der Waals surface area (Å²) in [4.78, 5) is 17.5. The number of carbonyl (C=O) groups is 1. The van der Waals surface area contributed by atoms with Gasteiger partial charge in [0.15, 0.2) is 0 Å². The second-order valence-corrected chi connectivity index (χ2v) is 5.02. The van der Waals surface area contributed by atoms with E-state index in [2.05, 4.69) is 15.9 Å². The van der Waals surface area contributed by atoms with Crippen LogP contribution in [0.5, 0.6) is 5.75 Å². The summed E-state index contributed by atoms with van der Waals surface area (Å²) < 4.78 is 5.31. The van der Waals surface area contributed by atoms with Crippen molar-refractivity contribution in [1.29, 1.82) is 0 Å². The third-order valence-corrected chi connectivity index (χ3v) is 3.27. The van der Waals surface area contributed by atoms with Crippen LogP contribution in [-0.2, 0) is 11.3 Å². The average molecular weight is 350 g/mol. The molecule has 2 rings (SSSR count). The molecule has 110 valence electrons. The van der Waals surface area contributed by atoms with Crippen LogP contribution in [0.25, 0.3) is 0 Å². The van der Waals surface area contributed by atoms with Gasteiger partial charge < -0.3 is 4.74 Å². The van der Waals surface area contributed by atoms with Crippen LogP contribution in [0.3, 0.4) is 0 Å². The van der Waals surface area contributed by atoms with Crippen molar-refractivity contribution in [2.75, 3.05) is 17.5 Å². The van der Waals surface area contributed by atoms with E-state index in [1.165, 1.54) is 7.11 Å². The Kier molecular flexibility index (Phi) is 5.78. The number of carbonyl (C=O) groups excluding carboxylic acids is 1. The number of benzene rings is 2. The van der Waals surface area contributed by atoms with Gasteiger partial charge in [0.1, 0.15) is 5.75 Å². The van der Waals surface area contributed by atoms with Crippen molar-refractivity contribution in [1.82, 2.24) is 0 Å². The number of hydroxylamine groups is 1. The largest absolute Gasteiger partial charge is 0.444 e. The van der Waals surface area contributed by atoms with Crippen molar-refractivity contribution in [2.24, 2.45) is 0 Å². The molecule has 0 N–H and O–H groups in total. The summed E-state index contributed by atoms with van der Waals surface area (Å²) in [5, 5.41) is 1.96. The molecule has 0 fully saturated rings. The summed E-state index contributed by atoms with van der Waals surface area (Å²) in [6.45, 7) is 0. The minimum Gasteiger partial charge on any atom is -0.408 e. The summed E-state index contributed by atoms with van der Waals surface area (Å²) in [6, 6.07) is 16.5. The van der Waals surface area contributed by atoms with E-state index in [0.717, 1.165) is 22.4 Å². The Bertz CT molecular complexity index is 589. The third kappa shape index (κ3) is 4.06. The van der Waals surface area contributed by atoms with Crippen LogP contribution in [0.4, 0.5) is 10.5 Å². The molecule has 0 heterocycles. The maximum Gasteiger partial charge on any atom is 0.444 e. The highest BCUT2D eigenvalue weighted by Crippen LogP contribution is 2.23. The lowest BCUT2D eigenvalue weighted by atomic mass is 10.1. The predicted molar refractivity (Wildman–Crippen MR) is 85.9 cm³/mol. The molecule has 0 atom stereocenters. The molecule has 0 radical (unpaired) electrons. The van der Waals surface area contributed by atoms with Gasteiger partial charge in [0.05, 0.1) is 12.8 Å². The minimum absolute atomic E-state index is 0.475. The molecule has 0 bridgehead atoms. The Morgan fingerprint density at radius 1 is 1.10 bits per heavy atom. The quantitative estimate of drug-likeness (QED) is 0.600. The fourth-order valence-electron chi connectivity index (χ4n) is 1.92. The summed E-state index contributed by atoms with van der Waals surface area (Å²) in [5.41, 5.74) is 1.68. The average Bonchev–Trinajstić information content (AvgIpc) is 2.51. The van der Waals surface area contributed by atoms with E-state index in [0.29, 0.717) is 11.4 Å². The molecule has 0 saturated heterocycles. The molecule has 2 aromatic rings. The van der Waals surface area contributed by atoms with Gasteiger partial charge in [-0.25, -0.2) is 4.79 Å². The first kappa shape index (κ1) is 15.5. The maximum atomic E-state index is 12.3. The number of halogens is 1. The number of hydrogen-bond acceptors (Lipinski definition) is 3. The van der Waals surface area contributed by atoms with Crippen LogP contribution in [0.2, 0.25) is 0 Å². The van der Waals surface area contributed by atoms with Crippen LogP contribution in [0.15, 0.2) is 54.6 Å². The topological polar surface area (TPSA) is 38.8 Å². The molecule has 2 aromatic carbocycles. The van der Waals surface area contributed by atoms with Gasteiger partial charge in [-0.15, -0.1) is 0 Å². The van der Waals surface area contributed by atoms with Crippen LogP contribution >= 0.6 is 15.9 Å². The summed E-state index contributed by atoms with van der Waals surface area (Å²) >= 11 is 3.41. The zero-order chi connectivity index (χ0) is 15.1. The van der Waals surface area contributed by atoms with Crippen molar-refractivity contribution in [3.63, 3.8) is 0 Å². The molecular formula is C16H16BrNO3. The van der Waals surface area contributed by atoms with Gasteiger partial charge in [-0.3, -0.25) is 4.84 Å². The normalized spacial score (nSPS) is 10.2. The van der Waals surface area contributed by atoms with Crippen molar-refractivity contribution < 1.29 is 14.4 Å². The minimum atomic E-state index is -0.578. The molecule has 0 aromatic heterocycles. The molecule has 0 aliphatic heterocycles. The fourth-order valence-corrected chi connectivity index (χ4v) is 2.35. The van der Waals surface area contributed by atoms with Crippen molar-refractivity contribution in [2.45, 2.75) is 6.42 Å². The Morgan fingerprint density at radius 3 is 2.43 bits per heavy atom. The Morgan fingerprint density at radius 2 is 1.76 bits per heavy atom. The number of hydrogen-bond donors (Lipinski definition) is 0. The van der Waals surface area contributed by atoms with Gasteiger partial charge in [-0.1, -0.05) is 52.3 Å². The molecule has 0 spiro atoms. The highest BCUT2D eigenvalue weighted by Gasteiger charge is 2.20. The Labute approximate surface area is 132 Å². The van der Waals surface area contributed by atoms with Crippen molar-refractivity contribution in [3.8, 4) is 5.75 Å². The first-order valence-electron chi connectivity index (χ1n) is 6.51. The smallest absolute Gasteiger partial charge is 0.408 e. The molecule has 0 saturated carbocycles. The van der Waals surface area contributed by atoms with Crippen LogP contribution in [0.1, 0.15) is 5.56 Å². The van der Waals surface area contributed by atoms with Crippen LogP contribution in [-0.4, -0.2) is 18.5 Å². The van der Waals surface area contributed by atoms with E-state index in [-0.39, 0.29) is 0 Å². The Balaban J connectivity index is 2.21. The van der Waals surface area contributed by atoms with Crippen molar-refractivity contribution in [3.05, 3.63) is 60.2 Å². The fraction of sp³-hybridized carbons (Fsp3) is 0.188. The second-order valence-electron chi connectivity index (χ2n) is 4.23. The highest BCUT2D eigenvalue weighted by molar-refractivity contribution is 9.09. The first-order valence-corrected chi connectivity index (χ1v) is 7.63. The number of anilines is 1. The van der Waals surface area contributed by atoms with E-state index >= 15 is 0 Å². The Hall–Kier alpha value is -1.85. The van der Waals surface area contributed by atoms with E-state index < -0.39 is 6.09 Å². The van der Waals surface area contributed by atoms with Crippen LogP contribution in [0, 0.1) is 0 Å². The van der Waals surface area contributed by atoms with E-state index in [4.69, 9.17) is 9.57 Å². The number of aryl methyl sites for hydroxylation is 1. The number of nitrogens with zero attached hydrogens (tertiary/aromatic N) is 1. The monoisotopic (exact) mass is 349 g/mol. The number of para-hydroxylation sites is 2. The first-order chi connectivity index (χ1) is 10.3. The van der Waals surface area contributed by atoms with Gasteiger partial charge >= 0.3 is 6.09 Å². The maximum absolute atomic E-state index is 12.3. The summed E-state index contributed by atoms with van der Waals surface area (Å²) in [7, 11) is 1.44. The molecule has 4 nitrogen and oxygen atoms in total.